The summed E-state index contributed by atoms with van der Waals surface area (Å²) in [5.74, 6) is -1.81. The van der Waals surface area contributed by atoms with Crippen LogP contribution in [0.1, 0.15) is 26.3 Å². The van der Waals surface area contributed by atoms with Crippen LogP contribution in [0.4, 0.5) is 15.9 Å². The Balaban J connectivity index is 1.75. The SMILES string of the molecule is Cc1ccccc1-c1cc(NC(=O)C(=O)Nc2ccc(F)cc2OC(C)(C)C)n(C)n1. The molecule has 2 aromatic carbocycles. The van der Waals surface area contributed by atoms with Crippen LogP contribution in [0.2, 0.25) is 0 Å². The lowest BCUT2D eigenvalue weighted by molar-refractivity contribution is -0.133. The van der Waals surface area contributed by atoms with Crippen molar-refractivity contribution < 1.29 is 18.7 Å². The number of rotatable bonds is 4. The van der Waals surface area contributed by atoms with E-state index in [1.165, 1.54) is 16.8 Å². The van der Waals surface area contributed by atoms with Gasteiger partial charge in [0, 0.05) is 24.7 Å². The number of amides is 2. The first-order valence-corrected chi connectivity index (χ1v) is 9.74. The molecule has 0 aliphatic rings. The van der Waals surface area contributed by atoms with Gasteiger partial charge in [0.05, 0.1) is 11.4 Å². The molecule has 7 nitrogen and oxygen atoms in total. The molecule has 0 fully saturated rings. The van der Waals surface area contributed by atoms with E-state index in [1.807, 2.05) is 31.2 Å². The molecule has 31 heavy (non-hydrogen) atoms. The maximum atomic E-state index is 13.6. The third-order valence-electron chi connectivity index (χ3n) is 4.36. The predicted octanol–water partition coefficient (Wildman–Crippen LogP) is 4.29. The van der Waals surface area contributed by atoms with E-state index in [9.17, 15) is 14.0 Å². The average Bonchev–Trinajstić information content (AvgIpc) is 3.03. The first kappa shape index (κ1) is 22.0. The number of anilines is 2. The van der Waals surface area contributed by atoms with E-state index in [4.69, 9.17) is 4.74 Å². The van der Waals surface area contributed by atoms with Gasteiger partial charge in [-0.25, -0.2) is 4.39 Å². The number of nitrogens with zero attached hydrogens (tertiary/aromatic N) is 2. The Bertz CT molecular complexity index is 1130. The Morgan fingerprint density at radius 3 is 2.39 bits per heavy atom. The number of benzene rings is 2. The second kappa shape index (κ2) is 8.59. The maximum absolute atomic E-state index is 13.6. The van der Waals surface area contributed by atoms with Gasteiger partial charge in [0.25, 0.3) is 0 Å². The molecule has 0 spiro atoms. The van der Waals surface area contributed by atoms with Gasteiger partial charge in [-0.3, -0.25) is 14.3 Å². The molecule has 0 bridgehead atoms. The molecule has 0 aliphatic carbocycles. The molecule has 0 saturated heterocycles. The lowest BCUT2D eigenvalue weighted by Gasteiger charge is -2.23. The summed E-state index contributed by atoms with van der Waals surface area (Å²) < 4.78 is 20.8. The van der Waals surface area contributed by atoms with Crippen LogP contribution in [0.25, 0.3) is 11.3 Å². The Labute approximate surface area is 180 Å². The summed E-state index contributed by atoms with van der Waals surface area (Å²) in [5, 5.41) is 9.44. The zero-order valence-electron chi connectivity index (χ0n) is 18.1. The predicted molar refractivity (Wildman–Crippen MR) is 117 cm³/mol. The van der Waals surface area contributed by atoms with E-state index in [0.717, 1.165) is 17.2 Å². The number of aryl methyl sites for hydroxylation is 2. The minimum absolute atomic E-state index is 0.135. The largest absolute Gasteiger partial charge is 0.486 e. The van der Waals surface area contributed by atoms with E-state index < -0.39 is 23.2 Å². The highest BCUT2D eigenvalue weighted by Gasteiger charge is 2.21. The van der Waals surface area contributed by atoms with Gasteiger partial charge in [0.1, 0.15) is 23.0 Å². The molecule has 0 unspecified atom stereocenters. The van der Waals surface area contributed by atoms with E-state index in [2.05, 4.69) is 15.7 Å². The van der Waals surface area contributed by atoms with Gasteiger partial charge in [-0.05, 0) is 45.4 Å². The van der Waals surface area contributed by atoms with E-state index in [0.29, 0.717) is 11.5 Å². The quantitative estimate of drug-likeness (QED) is 0.612. The fraction of sp³-hybridized carbons (Fsp3) is 0.261. The first-order chi connectivity index (χ1) is 14.5. The summed E-state index contributed by atoms with van der Waals surface area (Å²) in [7, 11) is 1.67. The van der Waals surface area contributed by atoms with Crippen molar-refractivity contribution >= 4 is 23.3 Å². The number of aromatic nitrogens is 2. The molecule has 1 aromatic heterocycles. The van der Waals surface area contributed by atoms with Crippen LogP contribution in [0.5, 0.6) is 5.75 Å². The highest BCUT2D eigenvalue weighted by Crippen LogP contribution is 2.29. The lowest BCUT2D eigenvalue weighted by Crippen LogP contribution is -2.30. The van der Waals surface area contributed by atoms with E-state index in [1.54, 1.807) is 33.9 Å². The summed E-state index contributed by atoms with van der Waals surface area (Å²) in [5.41, 5.74) is 2.23. The van der Waals surface area contributed by atoms with Crippen molar-refractivity contribution in [1.82, 2.24) is 9.78 Å². The fourth-order valence-electron chi connectivity index (χ4n) is 2.94. The number of carbonyl (C=O) groups is 2. The Morgan fingerprint density at radius 1 is 1.03 bits per heavy atom. The van der Waals surface area contributed by atoms with Crippen LogP contribution in [0, 0.1) is 12.7 Å². The molecule has 3 rings (SSSR count). The Morgan fingerprint density at radius 2 is 1.71 bits per heavy atom. The first-order valence-electron chi connectivity index (χ1n) is 9.74. The lowest BCUT2D eigenvalue weighted by atomic mass is 10.1. The van der Waals surface area contributed by atoms with Crippen molar-refractivity contribution in [3.05, 3.63) is 59.9 Å². The molecule has 3 aromatic rings. The highest BCUT2D eigenvalue weighted by molar-refractivity contribution is 6.43. The van der Waals surface area contributed by atoms with Crippen LogP contribution >= 0.6 is 0 Å². The van der Waals surface area contributed by atoms with Crippen LogP contribution in [-0.2, 0) is 16.6 Å². The maximum Gasteiger partial charge on any atom is 0.315 e. The summed E-state index contributed by atoms with van der Waals surface area (Å²) in [6.45, 7) is 7.36. The topological polar surface area (TPSA) is 85.3 Å². The van der Waals surface area contributed by atoms with Gasteiger partial charge < -0.3 is 15.4 Å². The summed E-state index contributed by atoms with van der Waals surface area (Å²) in [4.78, 5) is 24.9. The number of halogens is 1. The second-order valence-corrected chi connectivity index (χ2v) is 8.12. The number of hydrogen-bond donors (Lipinski definition) is 2. The smallest absolute Gasteiger partial charge is 0.315 e. The molecule has 0 aliphatic heterocycles. The minimum Gasteiger partial charge on any atom is -0.486 e. The van der Waals surface area contributed by atoms with Crippen LogP contribution in [0.15, 0.2) is 48.5 Å². The van der Waals surface area contributed by atoms with Gasteiger partial charge in [0.2, 0.25) is 0 Å². The normalized spacial score (nSPS) is 11.2. The van der Waals surface area contributed by atoms with Gasteiger partial charge in [-0.15, -0.1) is 0 Å². The van der Waals surface area contributed by atoms with Crippen molar-refractivity contribution in [3.8, 4) is 17.0 Å². The third-order valence-corrected chi connectivity index (χ3v) is 4.36. The summed E-state index contributed by atoms with van der Waals surface area (Å²) in [6, 6.07) is 13.1. The molecule has 0 saturated carbocycles. The number of carbonyl (C=O) groups excluding carboxylic acids is 2. The molecule has 2 N–H and O–H groups in total. The van der Waals surface area contributed by atoms with E-state index in [-0.39, 0.29) is 11.4 Å². The van der Waals surface area contributed by atoms with Crippen molar-refractivity contribution in [2.24, 2.45) is 7.05 Å². The molecular weight excluding hydrogens is 399 g/mol. The van der Waals surface area contributed by atoms with Crippen LogP contribution in [-0.4, -0.2) is 27.2 Å². The van der Waals surface area contributed by atoms with Gasteiger partial charge in [-0.2, -0.15) is 5.10 Å². The fourth-order valence-corrected chi connectivity index (χ4v) is 2.94. The molecule has 8 heteroatoms. The molecule has 1 heterocycles. The average molecular weight is 424 g/mol. The zero-order chi connectivity index (χ0) is 22.8. The molecule has 0 atom stereocenters. The summed E-state index contributed by atoms with van der Waals surface area (Å²) in [6.07, 6.45) is 0. The van der Waals surface area contributed by atoms with E-state index >= 15 is 0 Å². The second-order valence-electron chi connectivity index (χ2n) is 8.12. The van der Waals surface area contributed by atoms with Crippen LogP contribution in [0.3, 0.4) is 0 Å². The molecule has 162 valence electrons. The molecular formula is C23H25FN4O3. The van der Waals surface area contributed by atoms with Crippen LogP contribution < -0.4 is 15.4 Å². The number of nitrogens with one attached hydrogen (secondary N) is 2. The summed E-state index contributed by atoms with van der Waals surface area (Å²) >= 11 is 0. The minimum atomic E-state index is -0.913. The van der Waals surface area contributed by atoms with Crippen molar-refractivity contribution in [1.29, 1.82) is 0 Å². The highest BCUT2D eigenvalue weighted by atomic mass is 19.1. The van der Waals surface area contributed by atoms with Gasteiger partial charge in [0.15, 0.2) is 0 Å². The van der Waals surface area contributed by atoms with Crippen molar-refractivity contribution in [2.45, 2.75) is 33.3 Å². The number of ether oxygens (including phenoxy) is 1. The van der Waals surface area contributed by atoms with Gasteiger partial charge in [-0.1, -0.05) is 24.3 Å². The number of hydrogen-bond acceptors (Lipinski definition) is 4. The Kier molecular flexibility index (Phi) is 6.10. The van der Waals surface area contributed by atoms with Gasteiger partial charge >= 0.3 is 11.8 Å². The Hall–Kier alpha value is -3.68. The standard InChI is InChI=1S/C23H25FN4O3/c1-14-8-6-7-9-16(14)18-13-20(28(5)27-18)26-22(30)21(29)25-17-11-10-15(24)12-19(17)31-23(2,3)4/h6-13H,1-5H3,(H,25,29)(H,26,30). The van der Waals surface area contributed by atoms with Crippen molar-refractivity contribution in [2.75, 3.05) is 10.6 Å². The van der Waals surface area contributed by atoms with Crippen molar-refractivity contribution in [3.63, 3.8) is 0 Å². The molecule has 0 radical (unpaired) electrons. The third kappa shape index (κ3) is 5.48. The monoisotopic (exact) mass is 424 g/mol. The zero-order valence-corrected chi connectivity index (χ0v) is 18.1. The molecule has 2 amide bonds.